The van der Waals surface area contributed by atoms with Crippen molar-refractivity contribution in [3.05, 3.63) is 0 Å². The number of methoxy groups -OCH3 is 1. The molecule has 18 heavy (non-hydrogen) atoms. The van der Waals surface area contributed by atoms with Crippen LogP contribution in [0.5, 0.6) is 0 Å². The Morgan fingerprint density at radius 2 is 2.11 bits per heavy atom. The molecule has 0 amide bonds. The lowest BCUT2D eigenvalue weighted by Gasteiger charge is -2.36. The Bertz CT molecular complexity index is 277. The molecular weight excluding hydrogens is 228 g/mol. The first-order chi connectivity index (χ1) is 8.46. The van der Waals surface area contributed by atoms with E-state index in [1.54, 1.807) is 0 Å². The highest BCUT2D eigenvalue weighted by Crippen LogP contribution is 2.41. The van der Waals surface area contributed by atoms with Crippen LogP contribution in [0, 0.1) is 11.8 Å². The van der Waals surface area contributed by atoms with Crippen LogP contribution in [-0.2, 0) is 9.53 Å². The maximum atomic E-state index is 12.2. The second-order valence-electron chi connectivity index (χ2n) is 5.86. The Morgan fingerprint density at radius 1 is 1.50 bits per heavy atom. The second kappa shape index (κ2) is 6.53. The summed E-state index contributed by atoms with van der Waals surface area (Å²) in [5, 5.41) is 3.40. The quantitative estimate of drug-likeness (QED) is 0.668. The molecule has 1 aliphatic carbocycles. The highest BCUT2D eigenvalue weighted by atomic mass is 16.5. The summed E-state index contributed by atoms with van der Waals surface area (Å²) in [7, 11) is 3.57. The molecule has 1 saturated carbocycles. The van der Waals surface area contributed by atoms with Crippen LogP contribution in [0.4, 0.5) is 0 Å². The minimum absolute atomic E-state index is 0.109. The molecule has 1 aliphatic rings. The maximum absolute atomic E-state index is 12.2. The van der Waals surface area contributed by atoms with Gasteiger partial charge in [0.05, 0.1) is 7.11 Å². The summed E-state index contributed by atoms with van der Waals surface area (Å²) < 4.78 is 5.05. The van der Waals surface area contributed by atoms with Gasteiger partial charge in [0.2, 0.25) is 0 Å². The number of nitrogens with zero attached hydrogens (tertiary/aromatic N) is 1. The predicted octanol–water partition coefficient (Wildman–Crippen LogP) is 1.51. The first-order valence-electron chi connectivity index (χ1n) is 6.98. The van der Waals surface area contributed by atoms with Gasteiger partial charge in [0.1, 0.15) is 5.54 Å². The van der Waals surface area contributed by atoms with Crippen LogP contribution < -0.4 is 5.32 Å². The van der Waals surface area contributed by atoms with Crippen molar-refractivity contribution in [2.45, 2.75) is 39.2 Å². The van der Waals surface area contributed by atoms with Crippen molar-refractivity contribution in [3.63, 3.8) is 0 Å². The molecule has 0 saturated heterocycles. The van der Waals surface area contributed by atoms with E-state index < -0.39 is 5.54 Å². The standard InChI is InChI=1S/C14H28N2O2/c1-6-15-14(12-7-8-12,13(17)18-5)10-16(4)9-11(2)3/h11-12,15H,6-10H2,1-5H3. The van der Waals surface area contributed by atoms with Crippen LogP contribution in [0.2, 0.25) is 0 Å². The Morgan fingerprint density at radius 3 is 2.50 bits per heavy atom. The number of carbonyl (C=O) groups excluding carboxylic acids is 1. The van der Waals surface area contributed by atoms with E-state index in [1.807, 2.05) is 6.92 Å². The number of ether oxygens (including phenoxy) is 1. The van der Waals surface area contributed by atoms with E-state index in [4.69, 9.17) is 4.74 Å². The lowest BCUT2D eigenvalue weighted by atomic mass is 9.92. The molecule has 0 aromatic rings. The Labute approximate surface area is 111 Å². The fourth-order valence-electron chi connectivity index (χ4n) is 2.82. The summed E-state index contributed by atoms with van der Waals surface area (Å²) in [6, 6.07) is 0. The van der Waals surface area contributed by atoms with Gasteiger partial charge in [-0.15, -0.1) is 0 Å². The van der Waals surface area contributed by atoms with Gasteiger partial charge < -0.3 is 15.0 Å². The molecule has 0 aliphatic heterocycles. The normalized spacial score (nSPS) is 19.1. The van der Waals surface area contributed by atoms with E-state index in [2.05, 4.69) is 31.1 Å². The number of hydrogen-bond acceptors (Lipinski definition) is 4. The summed E-state index contributed by atoms with van der Waals surface area (Å²) in [5.74, 6) is 0.924. The second-order valence-corrected chi connectivity index (χ2v) is 5.86. The number of hydrogen-bond donors (Lipinski definition) is 1. The van der Waals surface area contributed by atoms with Crippen molar-refractivity contribution >= 4 is 5.97 Å². The number of carbonyl (C=O) groups is 1. The molecule has 1 atom stereocenters. The van der Waals surface area contributed by atoms with E-state index in [0.29, 0.717) is 11.8 Å². The van der Waals surface area contributed by atoms with Crippen molar-refractivity contribution in [2.75, 3.05) is 33.8 Å². The third-order valence-corrected chi connectivity index (χ3v) is 3.51. The van der Waals surface area contributed by atoms with Crippen molar-refractivity contribution in [2.24, 2.45) is 11.8 Å². The van der Waals surface area contributed by atoms with Crippen LogP contribution in [0.25, 0.3) is 0 Å². The molecule has 1 N–H and O–H groups in total. The monoisotopic (exact) mass is 256 g/mol. The van der Waals surface area contributed by atoms with Crippen LogP contribution in [0.15, 0.2) is 0 Å². The van der Waals surface area contributed by atoms with Crippen molar-refractivity contribution in [1.82, 2.24) is 10.2 Å². The number of esters is 1. The van der Waals surface area contributed by atoms with Gasteiger partial charge in [-0.05, 0) is 38.3 Å². The number of rotatable bonds is 8. The van der Waals surface area contributed by atoms with E-state index in [1.165, 1.54) is 7.11 Å². The molecular formula is C14H28N2O2. The Kier molecular flexibility index (Phi) is 5.60. The number of nitrogens with one attached hydrogen (secondary N) is 1. The highest BCUT2D eigenvalue weighted by Gasteiger charge is 2.51. The maximum Gasteiger partial charge on any atom is 0.327 e. The van der Waals surface area contributed by atoms with Gasteiger partial charge in [-0.2, -0.15) is 0 Å². The minimum atomic E-state index is -0.507. The zero-order valence-corrected chi connectivity index (χ0v) is 12.5. The van der Waals surface area contributed by atoms with E-state index in [-0.39, 0.29) is 5.97 Å². The average Bonchev–Trinajstić information content (AvgIpc) is 3.10. The highest BCUT2D eigenvalue weighted by molar-refractivity contribution is 5.82. The lowest BCUT2D eigenvalue weighted by molar-refractivity contribution is -0.150. The van der Waals surface area contributed by atoms with Crippen LogP contribution in [-0.4, -0.2) is 50.2 Å². The van der Waals surface area contributed by atoms with E-state index >= 15 is 0 Å². The molecule has 1 fully saturated rings. The predicted molar refractivity (Wildman–Crippen MR) is 73.5 cm³/mol. The summed E-state index contributed by atoms with van der Waals surface area (Å²) in [5.41, 5.74) is -0.507. The first-order valence-corrected chi connectivity index (χ1v) is 6.98. The van der Waals surface area contributed by atoms with Gasteiger partial charge in [0, 0.05) is 13.1 Å². The smallest absolute Gasteiger partial charge is 0.327 e. The Hall–Kier alpha value is -0.610. The summed E-state index contributed by atoms with van der Waals surface area (Å²) in [6.45, 7) is 8.96. The van der Waals surface area contributed by atoms with Crippen LogP contribution >= 0.6 is 0 Å². The van der Waals surface area contributed by atoms with Crippen LogP contribution in [0.1, 0.15) is 33.6 Å². The molecule has 0 aromatic heterocycles. The molecule has 0 radical (unpaired) electrons. The zero-order valence-electron chi connectivity index (χ0n) is 12.5. The van der Waals surface area contributed by atoms with E-state index in [9.17, 15) is 4.79 Å². The zero-order chi connectivity index (χ0) is 13.8. The largest absolute Gasteiger partial charge is 0.468 e. The number of likely N-dealkylation sites (N-methyl/N-ethyl adjacent to an activating group) is 2. The molecule has 1 rings (SSSR count). The summed E-state index contributed by atoms with van der Waals surface area (Å²) in [4.78, 5) is 14.5. The fourth-order valence-corrected chi connectivity index (χ4v) is 2.82. The summed E-state index contributed by atoms with van der Waals surface area (Å²) in [6.07, 6.45) is 2.25. The molecule has 0 aromatic carbocycles. The molecule has 4 heteroatoms. The van der Waals surface area contributed by atoms with Gasteiger partial charge in [0.15, 0.2) is 0 Å². The molecule has 0 bridgehead atoms. The minimum Gasteiger partial charge on any atom is -0.468 e. The Balaban J connectivity index is 2.78. The molecule has 4 nitrogen and oxygen atoms in total. The van der Waals surface area contributed by atoms with Gasteiger partial charge in [-0.3, -0.25) is 0 Å². The molecule has 106 valence electrons. The SMILES string of the molecule is CCNC(CN(C)CC(C)C)(C(=O)OC)C1CC1. The summed E-state index contributed by atoms with van der Waals surface area (Å²) >= 11 is 0. The lowest BCUT2D eigenvalue weighted by Crippen LogP contribution is -2.61. The topological polar surface area (TPSA) is 41.6 Å². The van der Waals surface area contributed by atoms with Crippen molar-refractivity contribution in [3.8, 4) is 0 Å². The fraction of sp³-hybridized carbons (Fsp3) is 0.929. The van der Waals surface area contributed by atoms with Crippen molar-refractivity contribution < 1.29 is 9.53 Å². The van der Waals surface area contributed by atoms with Gasteiger partial charge in [0.25, 0.3) is 0 Å². The first kappa shape index (κ1) is 15.4. The van der Waals surface area contributed by atoms with Gasteiger partial charge in [-0.1, -0.05) is 20.8 Å². The molecule has 0 spiro atoms. The van der Waals surface area contributed by atoms with Crippen molar-refractivity contribution in [1.29, 1.82) is 0 Å². The average molecular weight is 256 g/mol. The molecule has 1 unspecified atom stereocenters. The third kappa shape index (κ3) is 3.69. The van der Waals surface area contributed by atoms with E-state index in [0.717, 1.165) is 32.5 Å². The van der Waals surface area contributed by atoms with Crippen LogP contribution in [0.3, 0.4) is 0 Å². The molecule has 0 heterocycles. The van der Waals surface area contributed by atoms with Gasteiger partial charge in [-0.25, -0.2) is 4.79 Å². The van der Waals surface area contributed by atoms with Gasteiger partial charge >= 0.3 is 5.97 Å². The third-order valence-electron chi connectivity index (χ3n) is 3.51.